The molecule has 3 rings (SSSR count). The van der Waals surface area contributed by atoms with Crippen molar-refractivity contribution < 1.29 is 9.50 Å². The van der Waals surface area contributed by atoms with Crippen LogP contribution in [-0.4, -0.2) is 26.3 Å². The van der Waals surface area contributed by atoms with Crippen LogP contribution >= 0.6 is 31.9 Å². The van der Waals surface area contributed by atoms with Crippen LogP contribution in [-0.2, 0) is 0 Å². The first-order valence-corrected chi connectivity index (χ1v) is 7.99. The molecule has 0 saturated heterocycles. The quantitative estimate of drug-likeness (QED) is 0.665. The molecule has 0 aliphatic rings. The molecular formula is C14H11Br2FN4O. The van der Waals surface area contributed by atoms with Crippen LogP contribution in [0.5, 0.6) is 0 Å². The molecule has 0 bridgehead atoms. The summed E-state index contributed by atoms with van der Waals surface area (Å²) in [7, 11) is 0. The number of aromatic nitrogens is 3. The van der Waals surface area contributed by atoms with Crippen molar-refractivity contribution in [2.75, 3.05) is 11.9 Å². The molecule has 0 amide bonds. The second-order valence-electron chi connectivity index (χ2n) is 4.61. The lowest BCUT2D eigenvalue weighted by molar-refractivity contribution is 0.276. The molecule has 1 unspecified atom stereocenters. The number of aliphatic hydroxyl groups excluding tert-OH is 1. The molecular weight excluding hydrogens is 419 g/mol. The number of benzene rings is 1. The van der Waals surface area contributed by atoms with Crippen molar-refractivity contribution >= 4 is 43.2 Å². The van der Waals surface area contributed by atoms with Crippen molar-refractivity contribution in [1.29, 1.82) is 0 Å². The monoisotopic (exact) mass is 428 g/mol. The highest BCUT2D eigenvalue weighted by Crippen LogP contribution is 2.27. The number of hydrogen-bond donors (Lipinski definition) is 2. The van der Waals surface area contributed by atoms with E-state index in [0.717, 1.165) is 9.99 Å². The first kappa shape index (κ1) is 15.4. The standard InChI is InChI=1S/C14H11Br2FN4O/c15-9-2-1-8(5-11(9)17)12(7-22)20-14-13-10(16)6-19-21(13)4-3-18-14/h1-6,12,22H,7H2,(H,18,20). The number of anilines is 1. The van der Waals surface area contributed by atoms with Gasteiger partial charge in [0.05, 0.1) is 27.8 Å². The Morgan fingerprint density at radius 2 is 2.14 bits per heavy atom. The summed E-state index contributed by atoms with van der Waals surface area (Å²) in [5, 5.41) is 16.9. The molecule has 3 aromatic rings. The van der Waals surface area contributed by atoms with Gasteiger partial charge < -0.3 is 10.4 Å². The molecule has 2 aromatic heterocycles. The Labute approximate surface area is 142 Å². The van der Waals surface area contributed by atoms with Crippen molar-refractivity contribution in [2.24, 2.45) is 0 Å². The van der Waals surface area contributed by atoms with Gasteiger partial charge in [0.25, 0.3) is 0 Å². The normalized spacial score (nSPS) is 12.5. The summed E-state index contributed by atoms with van der Waals surface area (Å²) in [6, 6.07) is 4.25. The zero-order chi connectivity index (χ0) is 15.7. The Bertz CT molecular complexity index is 824. The summed E-state index contributed by atoms with van der Waals surface area (Å²) in [4.78, 5) is 4.28. The van der Waals surface area contributed by atoms with Gasteiger partial charge in [0.15, 0.2) is 5.82 Å². The van der Waals surface area contributed by atoms with E-state index < -0.39 is 6.04 Å². The van der Waals surface area contributed by atoms with Gasteiger partial charge in [0, 0.05) is 12.4 Å². The van der Waals surface area contributed by atoms with Gasteiger partial charge in [-0.3, -0.25) is 0 Å². The van der Waals surface area contributed by atoms with Crippen molar-refractivity contribution in [3.8, 4) is 0 Å². The SMILES string of the molecule is OCC(Nc1nccn2ncc(Br)c12)c1ccc(Br)c(F)c1. The lowest BCUT2D eigenvalue weighted by Gasteiger charge is -2.18. The number of rotatable bonds is 4. The van der Waals surface area contributed by atoms with Crippen LogP contribution in [0.2, 0.25) is 0 Å². The van der Waals surface area contributed by atoms with Gasteiger partial charge in [-0.15, -0.1) is 0 Å². The Morgan fingerprint density at radius 1 is 1.32 bits per heavy atom. The summed E-state index contributed by atoms with van der Waals surface area (Å²) in [5.41, 5.74) is 1.38. The average molecular weight is 430 g/mol. The number of nitrogens with zero attached hydrogens (tertiary/aromatic N) is 3. The fourth-order valence-electron chi connectivity index (χ4n) is 2.14. The van der Waals surface area contributed by atoms with E-state index in [-0.39, 0.29) is 12.4 Å². The van der Waals surface area contributed by atoms with Gasteiger partial charge in [0.2, 0.25) is 0 Å². The zero-order valence-corrected chi connectivity index (χ0v) is 14.3. The van der Waals surface area contributed by atoms with Crippen LogP contribution in [0, 0.1) is 5.82 Å². The minimum absolute atomic E-state index is 0.199. The van der Waals surface area contributed by atoms with Gasteiger partial charge in [-0.05, 0) is 49.6 Å². The molecule has 2 heterocycles. The predicted octanol–water partition coefficient (Wildman–Crippen LogP) is 3.54. The number of halogens is 3. The Morgan fingerprint density at radius 3 is 2.86 bits per heavy atom. The molecule has 0 radical (unpaired) electrons. The number of fused-ring (bicyclic) bond motifs is 1. The van der Waals surface area contributed by atoms with Crippen molar-refractivity contribution in [1.82, 2.24) is 14.6 Å². The maximum atomic E-state index is 13.7. The highest BCUT2D eigenvalue weighted by molar-refractivity contribution is 9.11. The van der Waals surface area contributed by atoms with Gasteiger partial charge in [-0.1, -0.05) is 6.07 Å². The minimum Gasteiger partial charge on any atom is -0.394 e. The third kappa shape index (κ3) is 2.86. The van der Waals surface area contributed by atoms with E-state index in [9.17, 15) is 9.50 Å². The molecule has 0 saturated carbocycles. The fraction of sp³-hybridized carbons (Fsp3) is 0.143. The van der Waals surface area contributed by atoms with Crippen molar-refractivity contribution in [3.63, 3.8) is 0 Å². The number of hydrogen-bond acceptors (Lipinski definition) is 4. The molecule has 0 spiro atoms. The van der Waals surface area contributed by atoms with E-state index in [1.54, 1.807) is 35.2 Å². The summed E-state index contributed by atoms with van der Waals surface area (Å²) in [6.45, 7) is -0.199. The van der Waals surface area contributed by atoms with Crippen LogP contribution < -0.4 is 5.32 Å². The van der Waals surface area contributed by atoms with Gasteiger partial charge in [0.1, 0.15) is 11.3 Å². The van der Waals surface area contributed by atoms with Crippen LogP contribution in [0.3, 0.4) is 0 Å². The van der Waals surface area contributed by atoms with Crippen molar-refractivity contribution in [2.45, 2.75) is 6.04 Å². The second kappa shape index (κ2) is 6.31. The maximum Gasteiger partial charge on any atom is 0.153 e. The summed E-state index contributed by atoms with van der Waals surface area (Å²) in [5.74, 6) is 0.170. The molecule has 1 atom stereocenters. The van der Waals surface area contributed by atoms with Crippen molar-refractivity contribution in [3.05, 3.63) is 57.1 Å². The molecule has 1 aromatic carbocycles. The zero-order valence-electron chi connectivity index (χ0n) is 11.2. The van der Waals surface area contributed by atoms with E-state index in [2.05, 4.69) is 47.3 Å². The Kier molecular flexibility index (Phi) is 4.42. The minimum atomic E-state index is -0.483. The van der Waals surface area contributed by atoms with E-state index >= 15 is 0 Å². The second-order valence-corrected chi connectivity index (χ2v) is 6.32. The molecule has 22 heavy (non-hydrogen) atoms. The first-order valence-electron chi connectivity index (χ1n) is 6.40. The van der Waals surface area contributed by atoms with Crippen LogP contribution in [0.25, 0.3) is 5.52 Å². The van der Waals surface area contributed by atoms with E-state index in [4.69, 9.17) is 0 Å². The summed E-state index contributed by atoms with van der Waals surface area (Å²) >= 11 is 6.53. The van der Waals surface area contributed by atoms with Crippen LogP contribution in [0.4, 0.5) is 10.2 Å². The molecule has 8 heteroatoms. The molecule has 0 fully saturated rings. The van der Waals surface area contributed by atoms with E-state index in [1.807, 2.05) is 0 Å². The molecule has 114 valence electrons. The molecule has 2 N–H and O–H groups in total. The summed E-state index contributed by atoms with van der Waals surface area (Å²) in [6.07, 6.45) is 4.99. The lowest BCUT2D eigenvalue weighted by atomic mass is 10.1. The Balaban J connectivity index is 1.97. The van der Waals surface area contributed by atoms with Gasteiger partial charge in [-0.2, -0.15) is 5.10 Å². The largest absolute Gasteiger partial charge is 0.394 e. The molecule has 0 aliphatic heterocycles. The van der Waals surface area contributed by atoms with E-state index in [1.165, 1.54) is 6.07 Å². The maximum absolute atomic E-state index is 13.7. The highest BCUT2D eigenvalue weighted by atomic mass is 79.9. The van der Waals surface area contributed by atoms with E-state index in [0.29, 0.717) is 15.9 Å². The highest BCUT2D eigenvalue weighted by Gasteiger charge is 2.16. The van der Waals surface area contributed by atoms with Gasteiger partial charge in [-0.25, -0.2) is 13.9 Å². The van der Waals surface area contributed by atoms with Crippen LogP contribution in [0.1, 0.15) is 11.6 Å². The fourth-order valence-corrected chi connectivity index (χ4v) is 2.85. The topological polar surface area (TPSA) is 62.5 Å². The smallest absolute Gasteiger partial charge is 0.153 e. The molecule has 5 nitrogen and oxygen atoms in total. The predicted molar refractivity (Wildman–Crippen MR) is 88.2 cm³/mol. The number of nitrogens with one attached hydrogen (secondary N) is 1. The summed E-state index contributed by atoms with van der Waals surface area (Å²) < 4.78 is 16.5. The van der Waals surface area contributed by atoms with Gasteiger partial charge >= 0.3 is 0 Å². The first-order chi connectivity index (χ1) is 10.6. The number of aliphatic hydroxyl groups is 1. The van der Waals surface area contributed by atoms with Crippen LogP contribution in [0.15, 0.2) is 45.7 Å². The average Bonchev–Trinajstić information content (AvgIpc) is 2.90. The third-order valence-electron chi connectivity index (χ3n) is 3.23. The Hall–Kier alpha value is -1.51. The molecule has 0 aliphatic carbocycles. The lowest BCUT2D eigenvalue weighted by Crippen LogP contribution is -2.16. The third-order valence-corrected chi connectivity index (χ3v) is 4.45.